The number of aromatic nitrogens is 4. The Morgan fingerprint density at radius 3 is 2.57 bits per heavy atom. The van der Waals surface area contributed by atoms with Crippen molar-refractivity contribution < 1.29 is 42.1 Å². The second kappa shape index (κ2) is 17.0. The van der Waals surface area contributed by atoms with Crippen molar-refractivity contribution in [2.75, 3.05) is 51.4 Å². The van der Waals surface area contributed by atoms with E-state index in [0.717, 1.165) is 25.9 Å². The summed E-state index contributed by atoms with van der Waals surface area (Å²) < 4.78 is 60.7. The number of anilines is 1. The number of nitrogens with zero attached hydrogens (tertiary/aromatic N) is 5. The van der Waals surface area contributed by atoms with E-state index in [1.807, 2.05) is 6.07 Å². The molecule has 1 saturated carbocycles. The molecule has 1 aliphatic carbocycles. The molecule has 5 rings (SSSR count). The second-order valence-electron chi connectivity index (χ2n) is 13.4. The minimum Gasteiger partial charge on any atom is -0.478 e. The lowest BCUT2D eigenvalue weighted by molar-refractivity contribution is -0.0330. The maximum Gasteiger partial charge on any atom is 0.447 e. The summed E-state index contributed by atoms with van der Waals surface area (Å²) in [5, 5.41) is 19.0. The van der Waals surface area contributed by atoms with Crippen LogP contribution in [0.5, 0.6) is 0 Å². The predicted molar refractivity (Wildman–Crippen MR) is 184 cm³/mol. The number of alkyl halides is 3. The number of hydrogen-bond acceptors (Lipinski definition) is 10. The van der Waals surface area contributed by atoms with Crippen LogP contribution >= 0.6 is 11.8 Å². The zero-order valence-electron chi connectivity index (χ0n) is 28.9. The van der Waals surface area contributed by atoms with E-state index in [-0.39, 0.29) is 46.5 Å². The van der Waals surface area contributed by atoms with Gasteiger partial charge >= 0.3 is 17.6 Å². The Bertz CT molecular complexity index is 1710. The van der Waals surface area contributed by atoms with E-state index in [4.69, 9.17) is 19.3 Å². The molecule has 2 atom stereocenters. The molecule has 17 heteroatoms. The third kappa shape index (κ3) is 11.8. The standard InChI is InChI=1S/C34H44F3N7O6S/c1-33(2,3)50-32(47)38-12-4-6-28-30(51-34(35,36)37)44-13-5-7-27(29(44)41-28)40-26-10-14-42(25-8-9-25)21-23(26)11-16-48-18-19-49-17-15-43-22-24(20-39-43)31(45)46/h5,7,13,20,22-23,25-26,40H,8-12,14-19,21H2,1-3H3,(H,38,47)(H,45,46)/t23-,26-/m0/s1. The fraction of sp³-hybridized carbons (Fsp3) is 0.588. The fourth-order valence-corrected chi connectivity index (χ4v) is 6.49. The van der Waals surface area contributed by atoms with Gasteiger partial charge in [-0.15, -0.1) is 0 Å². The molecule has 1 saturated heterocycles. The molecule has 3 aromatic rings. The van der Waals surface area contributed by atoms with Gasteiger partial charge < -0.3 is 30.0 Å². The molecule has 2 fully saturated rings. The third-order valence-corrected chi connectivity index (χ3v) is 9.08. The first-order valence-electron chi connectivity index (χ1n) is 16.9. The lowest BCUT2D eigenvalue weighted by Crippen LogP contribution is -2.47. The van der Waals surface area contributed by atoms with Crippen molar-refractivity contribution in [2.24, 2.45) is 5.92 Å². The van der Waals surface area contributed by atoms with Gasteiger partial charge in [0.05, 0.1) is 50.4 Å². The number of alkyl carbamates (subject to hydrolysis) is 1. The molecule has 0 aromatic carbocycles. The smallest absolute Gasteiger partial charge is 0.447 e. The second-order valence-corrected chi connectivity index (χ2v) is 14.5. The van der Waals surface area contributed by atoms with Crippen LogP contribution in [-0.4, -0.2) is 110 Å². The molecular formula is C34H44F3N7O6S. The van der Waals surface area contributed by atoms with Crippen molar-refractivity contribution in [3.05, 3.63) is 42.0 Å². The predicted octanol–water partition coefficient (Wildman–Crippen LogP) is 5.11. The van der Waals surface area contributed by atoms with Crippen LogP contribution in [0.4, 0.5) is 23.7 Å². The summed E-state index contributed by atoms with van der Waals surface area (Å²) in [6.45, 7) is 8.96. The highest BCUT2D eigenvalue weighted by molar-refractivity contribution is 8.00. The molecule has 0 bridgehead atoms. The quantitative estimate of drug-likeness (QED) is 0.109. The molecule has 3 N–H and O–H groups in total. The molecule has 0 spiro atoms. The number of carbonyl (C=O) groups excluding carboxylic acids is 1. The number of carboxylic acid groups (broad SMARTS) is 1. The average molecular weight is 736 g/mol. The zero-order valence-corrected chi connectivity index (χ0v) is 29.7. The monoisotopic (exact) mass is 735 g/mol. The first-order valence-corrected chi connectivity index (χ1v) is 17.7. The number of nitrogens with one attached hydrogen (secondary N) is 2. The van der Waals surface area contributed by atoms with Crippen molar-refractivity contribution in [2.45, 2.75) is 81.2 Å². The Hall–Kier alpha value is -3.98. The Kier molecular flexibility index (Phi) is 12.8. The molecule has 1 aliphatic heterocycles. The highest BCUT2D eigenvalue weighted by atomic mass is 32.2. The minimum atomic E-state index is -4.57. The van der Waals surface area contributed by atoms with Crippen LogP contribution in [0.15, 0.2) is 35.7 Å². The van der Waals surface area contributed by atoms with E-state index >= 15 is 0 Å². The summed E-state index contributed by atoms with van der Waals surface area (Å²) in [4.78, 5) is 30.0. The molecule has 2 aliphatic rings. The Morgan fingerprint density at radius 2 is 1.88 bits per heavy atom. The van der Waals surface area contributed by atoms with Gasteiger partial charge in [-0.1, -0.05) is 5.92 Å². The SMILES string of the molecule is CC(C)(C)OC(=O)NCC#Cc1nc2c(N[C@H]3CCN(C4CC4)C[C@@H]3CCOCCOCCn3cc(C(=O)O)cn3)cccn2c1SC(F)(F)F. The number of halogens is 3. The summed E-state index contributed by atoms with van der Waals surface area (Å²) in [6.07, 6.45) is 7.64. The number of carbonyl (C=O) groups is 2. The first kappa shape index (κ1) is 38.3. The Morgan fingerprint density at radius 1 is 1.12 bits per heavy atom. The summed E-state index contributed by atoms with van der Waals surface area (Å²) >= 11 is -0.278. The van der Waals surface area contributed by atoms with Crippen LogP contribution in [0.25, 0.3) is 5.65 Å². The number of amides is 1. The number of aromatic carboxylic acids is 1. The molecule has 278 valence electrons. The highest BCUT2D eigenvalue weighted by Gasteiger charge is 2.37. The van der Waals surface area contributed by atoms with Crippen molar-refractivity contribution in [1.29, 1.82) is 0 Å². The van der Waals surface area contributed by atoms with Crippen LogP contribution in [0.2, 0.25) is 0 Å². The molecule has 13 nitrogen and oxygen atoms in total. The van der Waals surface area contributed by atoms with Crippen molar-refractivity contribution >= 4 is 35.2 Å². The molecule has 4 heterocycles. The van der Waals surface area contributed by atoms with Crippen molar-refractivity contribution in [3.8, 4) is 11.8 Å². The van der Waals surface area contributed by atoms with Gasteiger partial charge in [0.1, 0.15) is 16.3 Å². The lowest BCUT2D eigenvalue weighted by atomic mass is 9.89. The van der Waals surface area contributed by atoms with Crippen molar-refractivity contribution in [1.82, 2.24) is 29.4 Å². The van der Waals surface area contributed by atoms with Gasteiger partial charge in [0.25, 0.3) is 0 Å². The Labute approximate surface area is 298 Å². The summed E-state index contributed by atoms with van der Waals surface area (Å²) in [5.74, 6) is 4.61. The maximum atomic E-state index is 13.7. The zero-order chi connectivity index (χ0) is 36.6. The molecule has 1 amide bonds. The summed E-state index contributed by atoms with van der Waals surface area (Å²) in [7, 11) is 0. The van der Waals surface area contributed by atoms with Gasteiger partial charge in [0, 0.05) is 55.9 Å². The van der Waals surface area contributed by atoms with Crippen LogP contribution in [0.1, 0.15) is 62.5 Å². The number of hydrogen-bond donors (Lipinski definition) is 3. The van der Waals surface area contributed by atoms with Gasteiger partial charge in [0.15, 0.2) is 5.65 Å². The number of fused-ring (bicyclic) bond motifs is 1. The summed E-state index contributed by atoms with van der Waals surface area (Å²) in [6, 6.07) is 4.15. The van der Waals surface area contributed by atoms with E-state index < -0.39 is 23.2 Å². The third-order valence-electron chi connectivity index (χ3n) is 8.26. The van der Waals surface area contributed by atoms with Crippen molar-refractivity contribution in [3.63, 3.8) is 0 Å². The van der Waals surface area contributed by atoms with Gasteiger partial charge in [-0.2, -0.15) is 18.3 Å². The normalized spacial score (nSPS) is 18.3. The molecule has 0 radical (unpaired) electrons. The lowest BCUT2D eigenvalue weighted by Gasteiger charge is -2.39. The van der Waals surface area contributed by atoms with Gasteiger partial charge in [-0.3, -0.25) is 14.0 Å². The van der Waals surface area contributed by atoms with E-state index in [1.54, 1.807) is 26.8 Å². The topological polar surface area (TPSA) is 144 Å². The maximum absolute atomic E-state index is 13.7. The van der Waals surface area contributed by atoms with Crippen LogP contribution in [0, 0.1) is 17.8 Å². The number of ether oxygens (including phenoxy) is 3. The van der Waals surface area contributed by atoms with Crippen LogP contribution < -0.4 is 10.6 Å². The largest absolute Gasteiger partial charge is 0.478 e. The van der Waals surface area contributed by atoms with Gasteiger partial charge in [-0.05, 0) is 70.4 Å². The number of thioether (sulfide) groups is 1. The van der Waals surface area contributed by atoms with Gasteiger partial charge in [0.2, 0.25) is 0 Å². The average Bonchev–Trinajstić information content (AvgIpc) is 3.69. The fourth-order valence-electron chi connectivity index (χ4n) is 5.83. The van der Waals surface area contributed by atoms with E-state index in [2.05, 4.69) is 37.5 Å². The highest BCUT2D eigenvalue weighted by Crippen LogP contribution is 2.40. The van der Waals surface area contributed by atoms with Crippen LogP contribution in [0.3, 0.4) is 0 Å². The Balaban J connectivity index is 1.20. The molecule has 0 unspecified atom stereocenters. The molecular weight excluding hydrogens is 691 g/mol. The number of likely N-dealkylation sites (tertiary alicyclic amines) is 1. The number of imidazole rings is 1. The van der Waals surface area contributed by atoms with E-state index in [1.165, 1.54) is 40.5 Å². The minimum absolute atomic E-state index is 0.0390. The number of rotatable bonds is 15. The van der Waals surface area contributed by atoms with Crippen LogP contribution in [-0.2, 0) is 20.8 Å². The number of piperidine rings is 1. The van der Waals surface area contributed by atoms with E-state index in [0.29, 0.717) is 50.3 Å². The first-order chi connectivity index (χ1) is 24.3. The number of pyridine rings is 1. The summed E-state index contributed by atoms with van der Waals surface area (Å²) in [5.41, 5.74) is -4.24. The molecule has 51 heavy (non-hydrogen) atoms. The number of carboxylic acids is 1. The van der Waals surface area contributed by atoms with Gasteiger partial charge in [-0.25, -0.2) is 14.6 Å². The molecule has 3 aromatic heterocycles. The van der Waals surface area contributed by atoms with E-state index in [9.17, 15) is 22.8 Å².